The molecule has 5 aliphatic carbocycles. The number of nitrogens with zero attached hydrogens (tertiary/aromatic N) is 1. The van der Waals surface area contributed by atoms with Crippen LogP contribution in [0.5, 0.6) is 0 Å². The molecule has 1 spiro atoms. The number of allylic oxidation sites excluding steroid dienone is 12. The van der Waals surface area contributed by atoms with E-state index in [1.807, 2.05) is 0 Å². The van der Waals surface area contributed by atoms with Gasteiger partial charge in [-0.3, -0.25) is 0 Å². The highest BCUT2D eigenvalue weighted by molar-refractivity contribution is 8.01. The lowest BCUT2D eigenvalue weighted by Crippen LogP contribution is -2.82. The normalized spacial score (nSPS) is 31.5. The Balaban J connectivity index is 1.08. The van der Waals surface area contributed by atoms with Crippen LogP contribution < -0.4 is 5.32 Å². The lowest BCUT2D eigenvalue weighted by molar-refractivity contribution is -0.594. The van der Waals surface area contributed by atoms with Crippen LogP contribution in [0.4, 0.5) is 0 Å². The van der Waals surface area contributed by atoms with Gasteiger partial charge in [-0.15, -0.1) is 23.5 Å². The zero-order chi connectivity index (χ0) is 34.2. The molecule has 3 aliphatic heterocycles. The van der Waals surface area contributed by atoms with Crippen LogP contribution in [0.25, 0.3) is 17.8 Å². The second-order valence-electron chi connectivity index (χ2n) is 15.3. The summed E-state index contributed by atoms with van der Waals surface area (Å²) in [5.41, 5.74) is 14.4. The second kappa shape index (κ2) is 12.4. The average Bonchev–Trinajstić information content (AvgIpc) is 3.54. The van der Waals surface area contributed by atoms with Crippen LogP contribution in [0.3, 0.4) is 0 Å². The van der Waals surface area contributed by atoms with Crippen LogP contribution >= 0.6 is 23.5 Å². The predicted molar refractivity (Wildman–Crippen MR) is 220 cm³/mol. The summed E-state index contributed by atoms with van der Waals surface area (Å²) >= 11 is 4.35. The second-order valence-corrected chi connectivity index (χ2v) is 17.9. The molecule has 7 atom stereocenters. The summed E-state index contributed by atoms with van der Waals surface area (Å²) in [5.74, 6) is 1.08. The molecule has 3 aromatic rings. The largest absolute Gasteiger partial charge is 0.317 e. The van der Waals surface area contributed by atoms with Crippen molar-refractivity contribution in [3.63, 3.8) is 0 Å². The molecular formula is C48H43N2S2+. The lowest BCUT2D eigenvalue weighted by Gasteiger charge is -2.59. The van der Waals surface area contributed by atoms with Crippen molar-refractivity contribution in [2.24, 2.45) is 11.8 Å². The molecule has 0 bridgehead atoms. The van der Waals surface area contributed by atoms with Gasteiger partial charge in [0.15, 0.2) is 0 Å². The molecule has 4 heteroatoms. The number of benzene rings is 2. The van der Waals surface area contributed by atoms with E-state index in [9.17, 15) is 0 Å². The monoisotopic (exact) mass is 711 g/mol. The van der Waals surface area contributed by atoms with Crippen LogP contribution in [0, 0.1) is 11.8 Å². The van der Waals surface area contributed by atoms with Crippen molar-refractivity contribution in [3.05, 3.63) is 190 Å². The molecule has 7 unspecified atom stereocenters. The first kappa shape index (κ1) is 31.3. The summed E-state index contributed by atoms with van der Waals surface area (Å²) in [6.07, 6.45) is 45.6. The number of aromatic nitrogens is 1. The highest BCUT2D eigenvalue weighted by Crippen LogP contribution is 2.66. The van der Waals surface area contributed by atoms with E-state index in [1.165, 1.54) is 45.0 Å². The fourth-order valence-corrected chi connectivity index (χ4v) is 14.0. The molecule has 2 nitrogen and oxygen atoms in total. The molecule has 2 aromatic carbocycles. The van der Waals surface area contributed by atoms with Gasteiger partial charge in [0.05, 0.1) is 6.54 Å². The third-order valence-electron chi connectivity index (χ3n) is 12.8. The number of quaternary nitrogens is 1. The van der Waals surface area contributed by atoms with E-state index in [1.54, 1.807) is 16.0 Å². The van der Waals surface area contributed by atoms with E-state index in [0.717, 1.165) is 32.2 Å². The van der Waals surface area contributed by atoms with Crippen molar-refractivity contribution in [2.75, 3.05) is 6.54 Å². The summed E-state index contributed by atoms with van der Waals surface area (Å²) in [6.45, 7) is 1.02. The van der Waals surface area contributed by atoms with Crippen LogP contribution in [-0.2, 0) is 18.3 Å². The molecule has 1 fully saturated rings. The zero-order valence-corrected chi connectivity index (χ0v) is 30.9. The zero-order valence-electron chi connectivity index (χ0n) is 29.3. The van der Waals surface area contributed by atoms with Crippen molar-refractivity contribution in [3.8, 4) is 5.69 Å². The van der Waals surface area contributed by atoms with Crippen molar-refractivity contribution < 1.29 is 5.32 Å². The smallest absolute Gasteiger partial charge is 0.136 e. The Hall–Kier alpha value is -4.22. The van der Waals surface area contributed by atoms with Crippen LogP contribution in [0.15, 0.2) is 161 Å². The molecule has 0 amide bonds. The highest BCUT2D eigenvalue weighted by Gasteiger charge is 2.60. The summed E-state index contributed by atoms with van der Waals surface area (Å²) in [6, 6.07) is 18.5. The maximum Gasteiger partial charge on any atom is 0.136 e. The first-order chi connectivity index (χ1) is 25.8. The molecule has 1 saturated heterocycles. The van der Waals surface area contributed by atoms with Crippen molar-refractivity contribution in [2.45, 2.75) is 57.7 Å². The van der Waals surface area contributed by atoms with Crippen molar-refractivity contribution >= 4 is 35.7 Å². The Bertz CT molecular complexity index is 2300. The van der Waals surface area contributed by atoms with Gasteiger partial charge in [-0.2, -0.15) is 0 Å². The Kier molecular flexibility index (Phi) is 7.49. The average molecular weight is 712 g/mol. The van der Waals surface area contributed by atoms with E-state index in [2.05, 4.69) is 185 Å². The first-order valence-corrected chi connectivity index (χ1v) is 21.1. The molecule has 4 heterocycles. The number of para-hydroxylation sites is 1. The minimum atomic E-state index is -0.116. The molecule has 11 rings (SSSR count). The Morgan fingerprint density at radius 2 is 1.63 bits per heavy atom. The standard InChI is InChI=1S/C48H42N2S2/c1-2-13-33(14-3-1)50-42-21-7-4-15-35(42)36-26-24-31(29-43(36)50)34-16-12-19-40-47(34)52-45-23-9-6-18-38(45)48(40)37-17-5-8-22-44(37)51-46-30-32(25-27-39(46)48)41-20-10-11-28-49-41/h1-6,8-20,22,24-27,30-31,37,39,44-46,49H,7,21,23,28-29H2/p+1. The lowest BCUT2D eigenvalue weighted by atomic mass is 9.53. The van der Waals surface area contributed by atoms with Crippen LogP contribution in [0.2, 0.25) is 0 Å². The van der Waals surface area contributed by atoms with Gasteiger partial charge in [0.25, 0.3) is 0 Å². The van der Waals surface area contributed by atoms with Crippen LogP contribution in [-0.4, -0.2) is 26.9 Å². The first-order valence-electron chi connectivity index (χ1n) is 19.2. The van der Waals surface area contributed by atoms with Gasteiger partial charge in [-0.05, 0) is 66.7 Å². The predicted octanol–water partition coefficient (Wildman–Crippen LogP) is 9.74. The Morgan fingerprint density at radius 3 is 2.56 bits per heavy atom. The summed E-state index contributed by atoms with van der Waals surface area (Å²) in [7, 11) is 0. The quantitative estimate of drug-likeness (QED) is 0.292. The molecular weight excluding hydrogens is 669 g/mol. The van der Waals surface area contributed by atoms with Gasteiger partial charge >= 0.3 is 0 Å². The van der Waals surface area contributed by atoms with Crippen molar-refractivity contribution in [1.29, 1.82) is 0 Å². The maximum absolute atomic E-state index is 2.63. The SMILES string of the molecule is C1=CC[NH2+]C(C2=CC3SC4C=CC=CC4C4(C5=CC=CCC5Sc5c(C6C=Cc7c8c(n(-c9ccccc9)c7C6)CCC=C8)cccc54)C3C=C2)=C1. The molecule has 256 valence electrons. The number of hydrogen-bond acceptors (Lipinski definition) is 2. The molecule has 52 heavy (non-hydrogen) atoms. The molecule has 2 N–H and O–H groups in total. The van der Waals surface area contributed by atoms with Crippen molar-refractivity contribution in [1.82, 2.24) is 4.57 Å². The number of fused-ring (bicyclic) bond motifs is 11. The Labute approximate surface area is 315 Å². The van der Waals surface area contributed by atoms with E-state index in [0.29, 0.717) is 33.5 Å². The molecule has 8 aliphatic rings. The molecule has 1 aromatic heterocycles. The number of thioether (sulfide) groups is 2. The van der Waals surface area contributed by atoms with Gasteiger partial charge in [0, 0.05) is 77.6 Å². The fraction of sp³-hybridized carbons (Fsp3) is 0.250. The maximum atomic E-state index is 2.63. The third kappa shape index (κ3) is 4.63. The van der Waals surface area contributed by atoms with Gasteiger partial charge in [0.1, 0.15) is 5.70 Å². The van der Waals surface area contributed by atoms with Crippen LogP contribution in [0.1, 0.15) is 52.4 Å². The number of rotatable bonds is 3. The van der Waals surface area contributed by atoms with Gasteiger partial charge in [0.2, 0.25) is 0 Å². The number of nitrogens with two attached hydrogens (primary N) is 1. The third-order valence-corrected chi connectivity index (χ3v) is 15.7. The van der Waals surface area contributed by atoms with E-state index in [-0.39, 0.29) is 5.41 Å². The topological polar surface area (TPSA) is 21.5 Å². The minimum absolute atomic E-state index is 0.116. The van der Waals surface area contributed by atoms with Gasteiger partial charge < -0.3 is 9.88 Å². The Morgan fingerprint density at radius 1 is 0.750 bits per heavy atom. The summed E-state index contributed by atoms with van der Waals surface area (Å²) in [5, 5.41) is 3.65. The fourth-order valence-electron chi connectivity index (χ4n) is 10.7. The molecule has 0 saturated carbocycles. The molecule has 0 radical (unpaired) electrons. The minimum Gasteiger partial charge on any atom is -0.317 e. The van der Waals surface area contributed by atoms with Gasteiger partial charge in [-0.1, -0.05) is 128 Å². The summed E-state index contributed by atoms with van der Waals surface area (Å²) < 4.78 is 2.61. The van der Waals surface area contributed by atoms with E-state index < -0.39 is 0 Å². The highest BCUT2D eigenvalue weighted by atomic mass is 32.2. The summed E-state index contributed by atoms with van der Waals surface area (Å²) in [4.78, 5) is 1.55. The number of hydrogen-bond donors (Lipinski definition) is 1. The van der Waals surface area contributed by atoms with E-state index in [4.69, 9.17) is 0 Å². The van der Waals surface area contributed by atoms with Gasteiger partial charge in [-0.25, -0.2) is 0 Å². The van der Waals surface area contributed by atoms with E-state index >= 15 is 0 Å².